The van der Waals surface area contributed by atoms with E-state index in [1.165, 1.54) is 7.11 Å². The molecule has 0 saturated heterocycles. The van der Waals surface area contributed by atoms with Gasteiger partial charge in [-0.15, -0.1) is 0 Å². The van der Waals surface area contributed by atoms with Crippen LogP contribution in [-0.4, -0.2) is 31.4 Å². The van der Waals surface area contributed by atoms with Crippen LogP contribution in [0.25, 0.3) is 0 Å². The number of ketones is 1. The summed E-state index contributed by atoms with van der Waals surface area (Å²) in [5.41, 5.74) is 0.481. The Kier molecular flexibility index (Phi) is 6.33. The SMILES string of the molecule is COC(=O)C1CCCCC1C(=O)OCC(=O)c1ccc(Br)cc1. The minimum atomic E-state index is -0.520. The van der Waals surface area contributed by atoms with Crippen molar-refractivity contribution < 1.29 is 23.9 Å². The molecule has 0 radical (unpaired) electrons. The maximum atomic E-state index is 12.2. The third kappa shape index (κ3) is 4.64. The average Bonchev–Trinajstić information content (AvgIpc) is 2.59. The van der Waals surface area contributed by atoms with Crippen LogP contribution in [0.3, 0.4) is 0 Å². The molecule has 0 spiro atoms. The van der Waals surface area contributed by atoms with E-state index < -0.39 is 17.8 Å². The van der Waals surface area contributed by atoms with Gasteiger partial charge in [-0.3, -0.25) is 14.4 Å². The standard InChI is InChI=1S/C17H19BrO5/c1-22-16(20)13-4-2-3-5-14(13)17(21)23-10-15(19)11-6-8-12(18)9-7-11/h6-9,13-14H,2-5,10H2,1H3. The Morgan fingerprint density at radius 3 is 2.17 bits per heavy atom. The van der Waals surface area contributed by atoms with Gasteiger partial charge in [0.15, 0.2) is 12.4 Å². The zero-order valence-corrected chi connectivity index (χ0v) is 14.5. The molecule has 124 valence electrons. The molecule has 0 aliphatic heterocycles. The summed E-state index contributed by atoms with van der Waals surface area (Å²) in [5, 5.41) is 0. The molecule has 1 aliphatic rings. The molecule has 1 aromatic rings. The highest BCUT2D eigenvalue weighted by Gasteiger charge is 2.37. The van der Waals surface area contributed by atoms with Crippen molar-refractivity contribution in [3.8, 4) is 0 Å². The molecule has 23 heavy (non-hydrogen) atoms. The van der Waals surface area contributed by atoms with Gasteiger partial charge in [-0.2, -0.15) is 0 Å². The molecule has 1 fully saturated rings. The number of hydrogen-bond donors (Lipinski definition) is 0. The zero-order chi connectivity index (χ0) is 16.8. The van der Waals surface area contributed by atoms with Gasteiger partial charge in [-0.1, -0.05) is 40.9 Å². The van der Waals surface area contributed by atoms with Crippen LogP contribution in [0.5, 0.6) is 0 Å². The maximum Gasteiger partial charge on any atom is 0.310 e. The zero-order valence-electron chi connectivity index (χ0n) is 12.9. The van der Waals surface area contributed by atoms with E-state index in [0.29, 0.717) is 18.4 Å². The monoisotopic (exact) mass is 382 g/mol. The number of Topliss-reactive ketones (excluding diaryl/α,β-unsaturated/α-hetero) is 1. The van der Waals surface area contributed by atoms with E-state index in [4.69, 9.17) is 9.47 Å². The van der Waals surface area contributed by atoms with Crippen LogP contribution in [0, 0.1) is 11.8 Å². The van der Waals surface area contributed by atoms with E-state index in [1.54, 1.807) is 24.3 Å². The molecule has 0 bridgehead atoms. The summed E-state index contributed by atoms with van der Waals surface area (Å²) in [6.45, 7) is -0.315. The lowest BCUT2D eigenvalue weighted by Gasteiger charge is -2.27. The number of esters is 2. The van der Waals surface area contributed by atoms with Crippen molar-refractivity contribution >= 4 is 33.7 Å². The van der Waals surface area contributed by atoms with Crippen LogP contribution in [-0.2, 0) is 19.1 Å². The van der Waals surface area contributed by atoms with Crippen molar-refractivity contribution in [1.82, 2.24) is 0 Å². The molecule has 6 heteroatoms. The lowest BCUT2D eigenvalue weighted by Crippen LogP contribution is -2.35. The Bertz CT molecular complexity index is 581. The van der Waals surface area contributed by atoms with Crippen LogP contribution in [0.4, 0.5) is 0 Å². The molecule has 1 aromatic carbocycles. The Morgan fingerprint density at radius 1 is 1.04 bits per heavy atom. The van der Waals surface area contributed by atoms with E-state index >= 15 is 0 Å². The molecule has 1 aliphatic carbocycles. The highest BCUT2D eigenvalue weighted by molar-refractivity contribution is 9.10. The molecule has 0 N–H and O–H groups in total. The van der Waals surface area contributed by atoms with Gasteiger partial charge < -0.3 is 9.47 Å². The van der Waals surface area contributed by atoms with Crippen LogP contribution in [0.15, 0.2) is 28.7 Å². The number of methoxy groups -OCH3 is 1. The molecular weight excluding hydrogens is 364 g/mol. The number of ether oxygens (including phenoxy) is 2. The predicted octanol–water partition coefficient (Wildman–Crippen LogP) is 3.15. The first kappa shape index (κ1) is 17.7. The number of halogens is 1. The quantitative estimate of drug-likeness (QED) is 0.577. The van der Waals surface area contributed by atoms with Crippen molar-refractivity contribution in [3.05, 3.63) is 34.3 Å². The maximum absolute atomic E-state index is 12.2. The summed E-state index contributed by atoms with van der Waals surface area (Å²) in [6.07, 6.45) is 2.97. The highest BCUT2D eigenvalue weighted by Crippen LogP contribution is 2.31. The van der Waals surface area contributed by atoms with Crippen molar-refractivity contribution in [1.29, 1.82) is 0 Å². The Balaban J connectivity index is 1.93. The third-order valence-corrected chi connectivity index (χ3v) is 4.61. The Hall–Kier alpha value is -1.69. The lowest BCUT2D eigenvalue weighted by atomic mass is 9.79. The van der Waals surface area contributed by atoms with Gasteiger partial charge in [0.2, 0.25) is 0 Å². The summed E-state index contributed by atoms with van der Waals surface area (Å²) < 4.78 is 10.8. The third-order valence-electron chi connectivity index (χ3n) is 4.08. The van der Waals surface area contributed by atoms with E-state index in [1.807, 2.05) is 0 Å². The first-order valence-electron chi connectivity index (χ1n) is 7.56. The second kappa shape index (κ2) is 8.24. The van der Waals surface area contributed by atoms with Crippen LogP contribution in [0.2, 0.25) is 0 Å². The molecular formula is C17H19BrO5. The smallest absolute Gasteiger partial charge is 0.310 e. The average molecular weight is 383 g/mol. The van der Waals surface area contributed by atoms with Gasteiger partial charge in [-0.05, 0) is 25.0 Å². The highest BCUT2D eigenvalue weighted by atomic mass is 79.9. The van der Waals surface area contributed by atoms with E-state index in [0.717, 1.165) is 17.3 Å². The van der Waals surface area contributed by atoms with E-state index in [9.17, 15) is 14.4 Å². The number of hydrogen-bond acceptors (Lipinski definition) is 5. The van der Waals surface area contributed by atoms with Gasteiger partial charge in [0.05, 0.1) is 18.9 Å². The fourth-order valence-electron chi connectivity index (χ4n) is 2.81. The van der Waals surface area contributed by atoms with Gasteiger partial charge in [0, 0.05) is 10.0 Å². The summed E-state index contributed by atoms with van der Waals surface area (Å²) in [5.74, 6) is -2.13. The van der Waals surface area contributed by atoms with Crippen LogP contribution in [0.1, 0.15) is 36.0 Å². The van der Waals surface area contributed by atoms with Crippen molar-refractivity contribution in [3.63, 3.8) is 0 Å². The molecule has 2 rings (SSSR count). The normalized spacial score (nSPS) is 20.6. The minimum absolute atomic E-state index is 0.267. The summed E-state index contributed by atoms with van der Waals surface area (Å²) in [4.78, 5) is 36.0. The van der Waals surface area contributed by atoms with Gasteiger partial charge in [-0.25, -0.2) is 0 Å². The first-order chi connectivity index (χ1) is 11.0. The number of rotatable bonds is 5. The molecule has 1 saturated carbocycles. The minimum Gasteiger partial charge on any atom is -0.469 e. The molecule has 2 unspecified atom stereocenters. The van der Waals surface area contributed by atoms with Crippen LogP contribution < -0.4 is 0 Å². The Labute approximate surface area is 143 Å². The Morgan fingerprint density at radius 2 is 1.61 bits per heavy atom. The summed E-state index contributed by atoms with van der Waals surface area (Å²) in [7, 11) is 1.32. The lowest BCUT2D eigenvalue weighted by molar-refractivity contribution is -0.160. The van der Waals surface area contributed by atoms with Crippen molar-refractivity contribution in [2.24, 2.45) is 11.8 Å². The topological polar surface area (TPSA) is 69.7 Å². The molecule has 5 nitrogen and oxygen atoms in total. The molecule has 2 atom stereocenters. The van der Waals surface area contributed by atoms with E-state index in [2.05, 4.69) is 15.9 Å². The van der Waals surface area contributed by atoms with Gasteiger partial charge in [0.1, 0.15) is 0 Å². The van der Waals surface area contributed by atoms with Gasteiger partial charge in [0.25, 0.3) is 0 Å². The molecule has 0 aromatic heterocycles. The number of benzene rings is 1. The van der Waals surface area contributed by atoms with Crippen molar-refractivity contribution in [2.45, 2.75) is 25.7 Å². The van der Waals surface area contributed by atoms with E-state index in [-0.39, 0.29) is 18.4 Å². The summed E-state index contributed by atoms with van der Waals surface area (Å²) in [6, 6.07) is 6.84. The molecule has 0 heterocycles. The summed E-state index contributed by atoms with van der Waals surface area (Å²) >= 11 is 3.30. The van der Waals surface area contributed by atoms with Crippen LogP contribution >= 0.6 is 15.9 Å². The molecule has 0 amide bonds. The second-order valence-corrected chi connectivity index (χ2v) is 6.47. The second-order valence-electron chi connectivity index (χ2n) is 5.56. The fourth-order valence-corrected chi connectivity index (χ4v) is 3.07. The fraction of sp³-hybridized carbons (Fsp3) is 0.471. The number of carbonyl (C=O) groups excluding carboxylic acids is 3. The first-order valence-corrected chi connectivity index (χ1v) is 8.35. The predicted molar refractivity (Wildman–Crippen MR) is 86.9 cm³/mol. The largest absolute Gasteiger partial charge is 0.469 e. The van der Waals surface area contributed by atoms with Crippen molar-refractivity contribution in [2.75, 3.05) is 13.7 Å². The number of carbonyl (C=O) groups is 3. The van der Waals surface area contributed by atoms with Gasteiger partial charge >= 0.3 is 11.9 Å².